The number of morpholine rings is 1. The first-order chi connectivity index (χ1) is 18.4. The van der Waals surface area contributed by atoms with Gasteiger partial charge in [-0.25, -0.2) is 14.8 Å². The van der Waals surface area contributed by atoms with Gasteiger partial charge in [-0.05, 0) is 57.0 Å². The smallest absolute Gasteiger partial charge is 0.407 e. The predicted octanol–water partition coefficient (Wildman–Crippen LogP) is 5.56. The number of aromatic nitrogens is 3. The van der Waals surface area contributed by atoms with Crippen LogP contribution in [0.2, 0.25) is 0 Å². The van der Waals surface area contributed by atoms with Crippen LogP contribution in [0.1, 0.15) is 26.6 Å². The van der Waals surface area contributed by atoms with Crippen LogP contribution in [0.4, 0.5) is 10.6 Å². The van der Waals surface area contributed by atoms with E-state index in [2.05, 4.69) is 62.9 Å². The van der Waals surface area contributed by atoms with Crippen LogP contribution in [0, 0.1) is 0 Å². The van der Waals surface area contributed by atoms with E-state index in [1.807, 2.05) is 39.0 Å². The maximum Gasteiger partial charge on any atom is 0.407 e. The van der Waals surface area contributed by atoms with Crippen molar-refractivity contribution in [3.8, 4) is 11.3 Å². The fourth-order valence-electron chi connectivity index (χ4n) is 4.32. The van der Waals surface area contributed by atoms with Crippen molar-refractivity contribution in [3.63, 3.8) is 0 Å². The molecule has 4 aromatic rings. The van der Waals surface area contributed by atoms with Crippen molar-refractivity contribution >= 4 is 34.8 Å². The molecule has 0 bridgehead atoms. The SMILES string of the molecule is CC(C)(C)OC(=O)NCCc1nc(-c2cccc3c2ccn3Sc2ccccc2)cc(N2CCOCC2)n1. The van der Waals surface area contributed by atoms with Gasteiger partial charge >= 0.3 is 6.09 Å². The number of alkyl carbamates (subject to hydrolysis) is 1. The molecule has 1 saturated heterocycles. The number of carbonyl (C=O) groups is 1. The maximum atomic E-state index is 12.1. The first-order valence-electron chi connectivity index (χ1n) is 12.9. The first-order valence-corrected chi connectivity index (χ1v) is 13.6. The Morgan fingerprint density at radius 2 is 1.84 bits per heavy atom. The van der Waals surface area contributed by atoms with E-state index in [0.29, 0.717) is 32.0 Å². The second-order valence-electron chi connectivity index (χ2n) is 10.1. The number of hydrogen-bond acceptors (Lipinski definition) is 7. The molecule has 8 nitrogen and oxygen atoms in total. The molecule has 0 aliphatic carbocycles. The number of nitrogens with one attached hydrogen (secondary N) is 1. The fraction of sp³-hybridized carbons (Fsp3) is 0.345. The van der Waals surface area contributed by atoms with E-state index in [4.69, 9.17) is 19.4 Å². The fourth-order valence-corrected chi connectivity index (χ4v) is 5.20. The van der Waals surface area contributed by atoms with E-state index in [0.717, 1.165) is 41.1 Å². The second-order valence-corrected chi connectivity index (χ2v) is 11.1. The topological polar surface area (TPSA) is 81.5 Å². The van der Waals surface area contributed by atoms with Crippen LogP contribution in [-0.4, -0.2) is 58.5 Å². The molecule has 2 aromatic carbocycles. The van der Waals surface area contributed by atoms with Crippen molar-refractivity contribution in [2.24, 2.45) is 0 Å². The van der Waals surface area contributed by atoms with E-state index >= 15 is 0 Å². The summed E-state index contributed by atoms with van der Waals surface area (Å²) >= 11 is 1.68. The van der Waals surface area contributed by atoms with Crippen molar-refractivity contribution in [1.82, 2.24) is 19.3 Å². The third-order valence-corrected chi connectivity index (χ3v) is 7.03. The number of ether oxygens (including phenoxy) is 2. The summed E-state index contributed by atoms with van der Waals surface area (Å²) in [5.41, 5.74) is 2.49. The summed E-state index contributed by atoms with van der Waals surface area (Å²) < 4.78 is 13.1. The molecular formula is C29H33N5O3S. The Morgan fingerprint density at radius 1 is 1.05 bits per heavy atom. The molecule has 2 aromatic heterocycles. The lowest BCUT2D eigenvalue weighted by Gasteiger charge is -2.28. The molecule has 1 amide bonds. The molecule has 0 saturated carbocycles. The summed E-state index contributed by atoms with van der Waals surface area (Å²) in [4.78, 5) is 25.3. The van der Waals surface area contributed by atoms with Crippen LogP contribution in [-0.2, 0) is 15.9 Å². The van der Waals surface area contributed by atoms with Gasteiger partial charge in [0.2, 0.25) is 0 Å². The summed E-state index contributed by atoms with van der Waals surface area (Å²) in [5, 5.41) is 3.95. The summed E-state index contributed by atoms with van der Waals surface area (Å²) in [7, 11) is 0. The minimum Gasteiger partial charge on any atom is -0.444 e. The Morgan fingerprint density at radius 3 is 2.61 bits per heavy atom. The summed E-state index contributed by atoms with van der Waals surface area (Å²) in [6.45, 7) is 8.82. The van der Waals surface area contributed by atoms with Crippen LogP contribution in [0.5, 0.6) is 0 Å². The highest BCUT2D eigenvalue weighted by molar-refractivity contribution is 7.98. The molecule has 0 radical (unpaired) electrons. The largest absolute Gasteiger partial charge is 0.444 e. The van der Waals surface area contributed by atoms with E-state index in [-0.39, 0.29) is 0 Å². The minimum atomic E-state index is -0.544. The van der Waals surface area contributed by atoms with Gasteiger partial charge in [-0.1, -0.05) is 30.3 Å². The van der Waals surface area contributed by atoms with Crippen molar-refractivity contribution in [2.45, 2.75) is 37.7 Å². The lowest BCUT2D eigenvalue weighted by molar-refractivity contribution is 0.0528. The zero-order valence-corrected chi connectivity index (χ0v) is 22.8. The van der Waals surface area contributed by atoms with Crippen molar-refractivity contribution in [3.05, 3.63) is 72.7 Å². The summed E-state index contributed by atoms with van der Waals surface area (Å²) in [5.74, 6) is 1.55. The molecular weight excluding hydrogens is 498 g/mol. The Kier molecular flexibility index (Phi) is 7.85. The quantitative estimate of drug-likeness (QED) is 0.334. The first kappa shape index (κ1) is 26.1. The lowest BCUT2D eigenvalue weighted by atomic mass is 10.1. The highest BCUT2D eigenvalue weighted by atomic mass is 32.2. The van der Waals surface area contributed by atoms with Gasteiger partial charge in [-0.15, -0.1) is 0 Å². The molecule has 5 rings (SSSR count). The highest BCUT2D eigenvalue weighted by Crippen LogP contribution is 2.33. The zero-order valence-electron chi connectivity index (χ0n) is 22.0. The predicted molar refractivity (Wildman–Crippen MR) is 152 cm³/mol. The molecule has 3 heterocycles. The van der Waals surface area contributed by atoms with Gasteiger partial charge in [0, 0.05) is 54.2 Å². The Bertz CT molecular complexity index is 1390. The average Bonchev–Trinajstić information content (AvgIpc) is 3.31. The van der Waals surface area contributed by atoms with Crippen LogP contribution in [0.15, 0.2) is 71.8 Å². The molecule has 1 N–H and O–H groups in total. The lowest BCUT2D eigenvalue weighted by Crippen LogP contribution is -2.37. The number of benzene rings is 2. The minimum absolute atomic E-state index is 0.384. The Hall–Kier alpha value is -3.56. The van der Waals surface area contributed by atoms with Gasteiger partial charge in [0.15, 0.2) is 0 Å². The maximum absolute atomic E-state index is 12.1. The normalized spacial score (nSPS) is 14.0. The average molecular weight is 532 g/mol. The molecule has 9 heteroatoms. The number of anilines is 1. The molecule has 38 heavy (non-hydrogen) atoms. The summed E-state index contributed by atoms with van der Waals surface area (Å²) in [6.07, 6.45) is 2.15. The van der Waals surface area contributed by atoms with Gasteiger partial charge in [-0.2, -0.15) is 0 Å². The number of nitrogens with zero attached hydrogens (tertiary/aromatic N) is 4. The van der Waals surface area contributed by atoms with Gasteiger partial charge in [0.25, 0.3) is 0 Å². The van der Waals surface area contributed by atoms with Crippen LogP contribution in [0.25, 0.3) is 22.2 Å². The van der Waals surface area contributed by atoms with E-state index in [1.165, 1.54) is 4.90 Å². The number of hydrogen-bond donors (Lipinski definition) is 1. The number of carbonyl (C=O) groups excluding carboxylic acids is 1. The molecule has 0 spiro atoms. The standard InChI is InChI=1S/C29H33N5O3S/c1-29(2,3)37-28(35)30-14-12-26-31-24(20-27(32-26)33-16-18-36-19-17-33)22-10-7-11-25-23(22)13-15-34(25)38-21-8-5-4-6-9-21/h4-11,13,15,20H,12,14,16-19H2,1-3H3,(H,30,35). The number of amides is 1. The molecule has 0 unspecified atom stereocenters. The Labute approximate surface area is 227 Å². The van der Waals surface area contributed by atoms with E-state index in [1.54, 1.807) is 11.9 Å². The second kappa shape index (κ2) is 11.4. The molecule has 0 atom stereocenters. The van der Waals surface area contributed by atoms with Crippen molar-refractivity contribution < 1.29 is 14.3 Å². The van der Waals surface area contributed by atoms with Gasteiger partial charge in [0.05, 0.1) is 24.4 Å². The zero-order chi connectivity index (χ0) is 26.5. The monoisotopic (exact) mass is 531 g/mol. The van der Waals surface area contributed by atoms with Crippen LogP contribution in [0.3, 0.4) is 0 Å². The highest BCUT2D eigenvalue weighted by Gasteiger charge is 2.19. The Balaban J connectivity index is 1.44. The van der Waals surface area contributed by atoms with Crippen LogP contribution < -0.4 is 10.2 Å². The van der Waals surface area contributed by atoms with E-state index < -0.39 is 11.7 Å². The molecule has 1 fully saturated rings. The van der Waals surface area contributed by atoms with Crippen LogP contribution >= 0.6 is 11.9 Å². The van der Waals surface area contributed by atoms with Gasteiger partial charge in [-0.3, -0.25) is 3.97 Å². The third-order valence-electron chi connectivity index (χ3n) is 6.03. The van der Waals surface area contributed by atoms with Crippen molar-refractivity contribution in [1.29, 1.82) is 0 Å². The molecule has 198 valence electrons. The molecule has 1 aliphatic heterocycles. The number of fused-ring (bicyclic) bond motifs is 1. The van der Waals surface area contributed by atoms with Gasteiger partial charge in [0.1, 0.15) is 17.2 Å². The third kappa shape index (κ3) is 6.46. The van der Waals surface area contributed by atoms with E-state index in [9.17, 15) is 4.79 Å². The number of rotatable bonds is 7. The summed E-state index contributed by atoms with van der Waals surface area (Å²) in [6, 6.07) is 20.8. The van der Waals surface area contributed by atoms with Crippen molar-refractivity contribution in [2.75, 3.05) is 37.7 Å². The molecule has 1 aliphatic rings. The van der Waals surface area contributed by atoms with Gasteiger partial charge < -0.3 is 19.7 Å².